The molecule has 17 heavy (non-hydrogen) atoms. The summed E-state index contributed by atoms with van der Waals surface area (Å²) in [6.07, 6.45) is 17.1. The molecule has 0 aromatic rings. The van der Waals surface area contributed by atoms with Crippen molar-refractivity contribution in [3.05, 3.63) is 43.0 Å². The Balaban J connectivity index is 2.34. The van der Waals surface area contributed by atoms with Crippen LogP contribution in [0.4, 0.5) is 0 Å². The Morgan fingerprint density at radius 1 is 1.00 bits per heavy atom. The SMILES string of the molecule is C[SiH2][SiH]([SiH2]C)[Zr]([CH3])([C]1=CC=CC1)[C]1=CC=CC1. The summed E-state index contributed by atoms with van der Waals surface area (Å²) in [5.74, 6) is 0. The van der Waals surface area contributed by atoms with Crippen LogP contribution < -0.4 is 0 Å². The van der Waals surface area contributed by atoms with Gasteiger partial charge in [0.25, 0.3) is 0 Å². The van der Waals surface area contributed by atoms with Crippen LogP contribution >= 0.6 is 0 Å². The van der Waals surface area contributed by atoms with Gasteiger partial charge < -0.3 is 0 Å². The molecule has 0 aromatic heterocycles. The molecule has 0 fully saturated rings. The third-order valence-corrected chi connectivity index (χ3v) is 96.4. The van der Waals surface area contributed by atoms with Crippen molar-refractivity contribution in [2.24, 2.45) is 0 Å². The van der Waals surface area contributed by atoms with Crippen LogP contribution in [0.25, 0.3) is 0 Å². The first-order valence-electron chi connectivity index (χ1n) is 6.95. The molecule has 0 heterocycles. The Kier molecular flexibility index (Phi) is 4.99. The zero-order chi connectivity index (χ0) is 12.3. The van der Waals surface area contributed by atoms with Gasteiger partial charge in [-0.05, 0) is 0 Å². The summed E-state index contributed by atoms with van der Waals surface area (Å²) in [5, 5.41) is 0. The van der Waals surface area contributed by atoms with Gasteiger partial charge in [-0.25, -0.2) is 0 Å². The summed E-state index contributed by atoms with van der Waals surface area (Å²) < 4.78 is 6.71. The van der Waals surface area contributed by atoms with Crippen molar-refractivity contribution in [1.82, 2.24) is 0 Å². The monoisotopic (exact) mass is 354 g/mol. The molecule has 0 bridgehead atoms. The van der Waals surface area contributed by atoms with E-state index in [4.69, 9.17) is 0 Å². The average Bonchev–Trinajstić information content (AvgIpc) is 3.04. The summed E-state index contributed by atoms with van der Waals surface area (Å²) in [5.41, 5.74) is 0. The van der Waals surface area contributed by atoms with E-state index in [0.29, 0.717) is 18.1 Å². The normalized spacial score (nSPS) is 22.1. The number of rotatable bonds is 5. The number of hydrogen-bond acceptors (Lipinski definition) is 0. The molecule has 0 aliphatic heterocycles. The van der Waals surface area contributed by atoms with Crippen LogP contribution in [-0.4, -0.2) is 23.0 Å². The fourth-order valence-electron chi connectivity index (χ4n) is 3.50. The average molecular weight is 356 g/mol. The van der Waals surface area contributed by atoms with E-state index >= 15 is 0 Å². The first kappa shape index (κ1) is 13.9. The first-order valence-corrected chi connectivity index (χ1v) is 26.1. The molecule has 0 unspecified atom stereocenters. The molecule has 0 saturated heterocycles. The molecule has 2 rings (SSSR count). The molecule has 92 valence electrons. The summed E-state index contributed by atoms with van der Waals surface area (Å²) in [4.78, 5) is -0.257. The van der Waals surface area contributed by atoms with Gasteiger partial charge in [0.05, 0.1) is 0 Å². The standard InChI is InChI=1S/2C5H5.C2H11Si3.CH3.Zr/c2*1-2-4-5-3-1;1-3-5-4-2;;/h2*1-3H,4H2;5H,3-4H2,1-2H3;1H3;. The maximum atomic E-state index is 2.80. The molecular formula is C13H24Si3Zr. The predicted molar refractivity (Wildman–Crippen MR) is 85.5 cm³/mol. The summed E-state index contributed by atoms with van der Waals surface area (Å²) in [6.45, 7) is 5.24. The Labute approximate surface area is 115 Å². The predicted octanol–water partition coefficient (Wildman–Crippen LogP) is 2.03. The number of allylic oxidation sites excluding steroid dienone is 8. The van der Waals surface area contributed by atoms with Crippen molar-refractivity contribution >= 4 is 23.0 Å². The minimum atomic E-state index is -2.02. The second-order valence-corrected chi connectivity index (χ2v) is 56.6. The van der Waals surface area contributed by atoms with E-state index in [1.807, 2.05) is 6.56 Å². The van der Waals surface area contributed by atoms with E-state index in [1.54, 1.807) is 0 Å². The van der Waals surface area contributed by atoms with Crippen molar-refractivity contribution < 1.29 is 19.4 Å². The molecule has 0 atom stereocenters. The summed E-state index contributed by atoms with van der Waals surface area (Å²) in [7, 11) is 0.626. The Morgan fingerprint density at radius 2 is 1.47 bits per heavy atom. The van der Waals surface area contributed by atoms with Crippen LogP contribution in [-0.2, 0) is 19.4 Å². The fourth-order valence-corrected chi connectivity index (χ4v) is 89.4. The van der Waals surface area contributed by atoms with Crippen molar-refractivity contribution in [3.8, 4) is 0 Å². The van der Waals surface area contributed by atoms with E-state index in [1.165, 1.54) is 12.8 Å². The molecule has 0 amide bonds. The van der Waals surface area contributed by atoms with Gasteiger partial charge in [0.2, 0.25) is 0 Å². The maximum absolute atomic E-state index is 2.80. The second-order valence-electron chi connectivity index (χ2n) is 5.36. The van der Waals surface area contributed by atoms with E-state index in [0.717, 1.165) is 0 Å². The molecule has 0 spiro atoms. The summed E-state index contributed by atoms with van der Waals surface area (Å²) >= 11 is -2.02. The molecule has 0 nitrogen and oxygen atoms in total. The Hall–Kier alpha value is 0.494. The van der Waals surface area contributed by atoms with Gasteiger partial charge in [-0.3, -0.25) is 0 Å². The zero-order valence-corrected chi connectivity index (χ0v) is 17.8. The van der Waals surface area contributed by atoms with Crippen LogP contribution in [0.15, 0.2) is 43.0 Å². The molecule has 0 radical (unpaired) electrons. The van der Waals surface area contributed by atoms with Gasteiger partial charge in [-0.15, -0.1) is 0 Å². The van der Waals surface area contributed by atoms with Crippen LogP contribution in [0.3, 0.4) is 0 Å². The van der Waals surface area contributed by atoms with Gasteiger partial charge in [0.15, 0.2) is 0 Å². The van der Waals surface area contributed by atoms with E-state index in [9.17, 15) is 0 Å². The quantitative estimate of drug-likeness (QED) is 0.662. The first-order chi connectivity index (χ1) is 8.23. The second kappa shape index (κ2) is 6.09. The molecular weight excluding hydrogens is 332 g/mol. The Bertz CT molecular complexity index is 373. The number of hydrogen-bond donors (Lipinski definition) is 0. The summed E-state index contributed by atoms with van der Waals surface area (Å²) in [6, 6.07) is 0. The van der Waals surface area contributed by atoms with Gasteiger partial charge in [0, 0.05) is 0 Å². The minimum absolute atomic E-state index is 0.257. The van der Waals surface area contributed by atoms with Gasteiger partial charge >= 0.3 is 116 Å². The van der Waals surface area contributed by atoms with Crippen LogP contribution in [0.1, 0.15) is 12.8 Å². The molecule has 2 aliphatic rings. The molecule has 0 aromatic carbocycles. The van der Waals surface area contributed by atoms with Gasteiger partial charge in [-0.2, -0.15) is 0 Å². The molecule has 4 heteroatoms. The van der Waals surface area contributed by atoms with Crippen LogP contribution in [0, 0.1) is 0 Å². The molecule has 2 aliphatic carbocycles. The van der Waals surface area contributed by atoms with Crippen molar-refractivity contribution in [2.75, 3.05) is 0 Å². The van der Waals surface area contributed by atoms with Gasteiger partial charge in [0.1, 0.15) is 0 Å². The van der Waals surface area contributed by atoms with E-state index in [-0.39, 0.29) is 4.96 Å². The zero-order valence-electron chi connectivity index (χ0n) is 11.4. The topological polar surface area (TPSA) is 0 Å². The third kappa shape index (κ3) is 2.60. The molecule has 0 N–H and O–H groups in total. The van der Waals surface area contributed by atoms with Crippen LogP contribution in [0.2, 0.25) is 17.7 Å². The van der Waals surface area contributed by atoms with Gasteiger partial charge in [-0.1, -0.05) is 0 Å². The van der Waals surface area contributed by atoms with Crippen molar-refractivity contribution in [3.63, 3.8) is 0 Å². The van der Waals surface area contributed by atoms with Crippen LogP contribution in [0.5, 0.6) is 0 Å². The van der Waals surface area contributed by atoms with E-state index in [2.05, 4.69) is 54.2 Å². The van der Waals surface area contributed by atoms with Crippen molar-refractivity contribution in [1.29, 1.82) is 0 Å². The fraction of sp³-hybridized carbons (Fsp3) is 0.385. The van der Waals surface area contributed by atoms with E-state index < -0.39 is 19.4 Å². The molecule has 0 saturated carbocycles. The Morgan fingerprint density at radius 3 is 1.76 bits per heavy atom. The third-order valence-electron chi connectivity index (χ3n) is 4.68. The van der Waals surface area contributed by atoms with Crippen molar-refractivity contribution in [2.45, 2.75) is 30.6 Å².